The minimum atomic E-state index is -0.263. The Morgan fingerprint density at radius 1 is 1.50 bits per heavy atom. The highest BCUT2D eigenvalue weighted by molar-refractivity contribution is 5.74. The van der Waals surface area contributed by atoms with Crippen molar-refractivity contribution < 1.29 is 9.53 Å². The van der Waals surface area contributed by atoms with Crippen LogP contribution in [0.3, 0.4) is 0 Å². The molecule has 16 heavy (non-hydrogen) atoms. The number of hydrogen-bond donors (Lipinski definition) is 0. The Kier molecular flexibility index (Phi) is 4.81. The van der Waals surface area contributed by atoms with Crippen LogP contribution in [0.2, 0.25) is 0 Å². The van der Waals surface area contributed by atoms with E-state index in [0.717, 1.165) is 11.1 Å². The van der Waals surface area contributed by atoms with Crippen LogP contribution in [0.25, 0.3) is 6.08 Å². The molecule has 0 unspecified atom stereocenters. The summed E-state index contributed by atoms with van der Waals surface area (Å²) in [6, 6.07) is 9.59. The van der Waals surface area contributed by atoms with Crippen LogP contribution in [0.4, 0.5) is 0 Å². The molecule has 3 nitrogen and oxygen atoms in total. The van der Waals surface area contributed by atoms with E-state index in [1.54, 1.807) is 6.08 Å². The van der Waals surface area contributed by atoms with Gasteiger partial charge in [0.1, 0.15) is 0 Å². The predicted octanol–water partition coefficient (Wildman–Crippen LogP) is 2.33. The van der Waals surface area contributed by atoms with Crippen LogP contribution in [0, 0.1) is 11.3 Å². The highest BCUT2D eigenvalue weighted by Crippen LogP contribution is 2.12. The molecule has 0 N–H and O–H groups in total. The summed E-state index contributed by atoms with van der Waals surface area (Å²) >= 11 is 0. The van der Waals surface area contributed by atoms with Gasteiger partial charge in [0, 0.05) is 0 Å². The van der Waals surface area contributed by atoms with Crippen LogP contribution in [-0.2, 0) is 16.0 Å². The molecule has 0 atom stereocenters. The Labute approximate surface area is 95.0 Å². The number of carbonyl (C=O) groups is 1. The predicted molar refractivity (Wildman–Crippen MR) is 61.4 cm³/mol. The number of allylic oxidation sites excluding steroid dienone is 1. The molecule has 0 amide bonds. The summed E-state index contributed by atoms with van der Waals surface area (Å²) in [5.41, 5.74) is 1.85. The number of hydrogen-bond acceptors (Lipinski definition) is 3. The molecule has 1 rings (SSSR count). The Hall–Kier alpha value is -2.08. The smallest absolute Gasteiger partial charge is 0.309 e. The average Bonchev–Trinajstić information content (AvgIpc) is 2.31. The van der Waals surface area contributed by atoms with Crippen LogP contribution in [0.5, 0.6) is 0 Å². The van der Waals surface area contributed by atoms with Crippen molar-refractivity contribution in [3.8, 4) is 6.07 Å². The van der Waals surface area contributed by atoms with Gasteiger partial charge in [0.2, 0.25) is 0 Å². The second kappa shape index (κ2) is 6.41. The molecule has 0 fully saturated rings. The highest BCUT2D eigenvalue weighted by atomic mass is 16.5. The monoisotopic (exact) mass is 215 g/mol. The Bertz CT molecular complexity index is 430. The number of nitrogens with zero attached hydrogens (tertiary/aromatic N) is 1. The molecule has 1 aromatic rings. The maximum atomic E-state index is 11.2. The molecule has 0 aliphatic carbocycles. The molecule has 0 bridgehead atoms. The van der Waals surface area contributed by atoms with Crippen molar-refractivity contribution in [3.05, 3.63) is 41.5 Å². The van der Waals surface area contributed by atoms with Gasteiger partial charge in [0.05, 0.1) is 26.0 Å². The van der Waals surface area contributed by atoms with Crippen molar-refractivity contribution in [2.75, 3.05) is 7.11 Å². The Morgan fingerprint density at radius 3 is 2.94 bits per heavy atom. The van der Waals surface area contributed by atoms with Crippen molar-refractivity contribution in [3.63, 3.8) is 0 Å². The van der Waals surface area contributed by atoms with E-state index in [9.17, 15) is 4.79 Å². The van der Waals surface area contributed by atoms with Gasteiger partial charge < -0.3 is 4.74 Å². The number of ether oxygens (including phenoxy) is 1. The fourth-order valence-electron chi connectivity index (χ4n) is 1.32. The van der Waals surface area contributed by atoms with Gasteiger partial charge in [-0.3, -0.25) is 4.79 Å². The van der Waals surface area contributed by atoms with Crippen LogP contribution in [0.1, 0.15) is 17.5 Å². The highest BCUT2D eigenvalue weighted by Gasteiger charge is 2.05. The van der Waals surface area contributed by atoms with E-state index in [-0.39, 0.29) is 12.4 Å². The lowest BCUT2D eigenvalue weighted by Crippen LogP contribution is -2.05. The largest absolute Gasteiger partial charge is 0.469 e. The van der Waals surface area contributed by atoms with E-state index in [1.807, 2.05) is 36.4 Å². The van der Waals surface area contributed by atoms with Gasteiger partial charge in [-0.15, -0.1) is 0 Å². The van der Waals surface area contributed by atoms with E-state index in [1.165, 1.54) is 7.11 Å². The second-order valence-electron chi connectivity index (χ2n) is 3.22. The first-order chi connectivity index (χ1) is 7.77. The Balaban J connectivity index is 2.84. The fourth-order valence-corrected chi connectivity index (χ4v) is 1.32. The normalized spacial score (nSPS) is 10.0. The molecule has 0 aliphatic heterocycles. The van der Waals surface area contributed by atoms with Gasteiger partial charge in [-0.2, -0.15) is 5.26 Å². The quantitative estimate of drug-likeness (QED) is 0.724. The minimum Gasteiger partial charge on any atom is -0.469 e. The van der Waals surface area contributed by atoms with Crippen molar-refractivity contribution in [1.29, 1.82) is 5.26 Å². The summed E-state index contributed by atoms with van der Waals surface area (Å²) in [6.07, 6.45) is 4.24. The molecule has 0 aliphatic rings. The maximum Gasteiger partial charge on any atom is 0.309 e. The number of methoxy groups -OCH3 is 1. The standard InChI is InChI=1S/C13H13NO2/c1-16-13(15)10-12-8-3-2-6-11(12)7-4-5-9-14/h2-4,6-8H,5,10H2,1H3. The van der Waals surface area contributed by atoms with E-state index in [0.29, 0.717) is 6.42 Å². The zero-order valence-electron chi connectivity index (χ0n) is 9.14. The molecule has 3 heteroatoms. The number of carbonyl (C=O) groups excluding carboxylic acids is 1. The van der Waals surface area contributed by atoms with Crippen LogP contribution >= 0.6 is 0 Å². The van der Waals surface area contributed by atoms with Gasteiger partial charge in [0.25, 0.3) is 0 Å². The van der Waals surface area contributed by atoms with E-state index in [2.05, 4.69) is 4.74 Å². The molecule has 0 spiro atoms. The molecule has 0 aromatic heterocycles. The van der Waals surface area contributed by atoms with Crippen LogP contribution in [-0.4, -0.2) is 13.1 Å². The maximum absolute atomic E-state index is 11.2. The van der Waals surface area contributed by atoms with Gasteiger partial charge in [-0.05, 0) is 11.1 Å². The molecule has 0 saturated heterocycles. The lowest BCUT2D eigenvalue weighted by Gasteiger charge is -2.04. The first-order valence-corrected chi connectivity index (χ1v) is 4.96. The summed E-state index contributed by atoms with van der Waals surface area (Å²) in [6.45, 7) is 0. The number of esters is 1. The van der Waals surface area contributed by atoms with Gasteiger partial charge in [-0.25, -0.2) is 0 Å². The summed E-state index contributed by atoms with van der Waals surface area (Å²) in [5.74, 6) is -0.263. The second-order valence-corrected chi connectivity index (χ2v) is 3.22. The van der Waals surface area contributed by atoms with Gasteiger partial charge in [-0.1, -0.05) is 36.4 Å². The molecule has 0 heterocycles. The molecule has 0 saturated carbocycles. The summed E-state index contributed by atoms with van der Waals surface area (Å²) in [5, 5.41) is 8.42. The first kappa shape index (κ1) is 12.0. The molecule has 0 radical (unpaired) electrons. The molecular weight excluding hydrogens is 202 g/mol. The number of rotatable bonds is 4. The van der Waals surface area contributed by atoms with Crippen LogP contribution in [0.15, 0.2) is 30.3 Å². The zero-order valence-corrected chi connectivity index (χ0v) is 9.14. The number of nitriles is 1. The summed E-state index contributed by atoms with van der Waals surface area (Å²) in [4.78, 5) is 11.2. The SMILES string of the molecule is COC(=O)Cc1ccccc1C=CCC#N. The molecule has 1 aromatic carbocycles. The van der Waals surface area contributed by atoms with Crippen molar-refractivity contribution in [2.45, 2.75) is 12.8 Å². The minimum absolute atomic E-state index is 0.254. The van der Waals surface area contributed by atoms with Crippen molar-refractivity contribution in [2.24, 2.45) is 0 Å². The topological polar surface area (TPSA) is 50.1 Å². The van der Waals surface area contributed by atoms with Crippen LogP contribution < -0.4 is 0 Å². The molecule has 82 valence electrons. The average molecular weight is 215 g/mol. The molecular formula is C13H13NO2. The van der Waals surface area contributed by atoms with E-state index >= 15 is 0 Å². The van der Waals surface area contributed by atoms with E-state index < -0.39 is 0 Å². The van der Waals surface area contributed by atoms with Crippen molar-refractivity contribution >= 4 is 12.0 Å². The fraction of sp³-hybridized carbons (Fsp3) is 0.231. The van der Waals surface area contributed by atoms with Gasteiger partial charge in [0.15, 0.2) is 0 Å². The van der Waals surface area contributed by atoms with Crippen molar-refractivity contribution in [1.82, 2.24) is 0 Å². The summed E-state index contributed by atoms with van der Waals surface area (Å²) in [7, 11) is 1.37. The Morgan fingerprint density at radius 2 is 2.25 bits per heavy atom. The third-order valence-electron chi connectivity index (χ3n) is 2.12. The number of benzene rings is 1. The first-order valence-electron chi connectivity index (χ1n) is 4.96. The van der Waals surface area contributed by atoms with E-state index in [4.69, 9.17) is 5.26 Å². The lowest BCUT2D eigenvalue weighted by atomic mass is 10.0. The third-order valence-corrected chi connectivity index (χ3v) is 2.12. The lowest BCUT2D eigenvalue weighted by molar-refractivity contribution is -0.139. The van der Waals surface area contributed by atoms with Gasteiger partial charge >= 0.3 is 5.97 Å². The summed E-state index contributed by atoms with van der Waals surface area (Å²) < 4.78 is 4.62. The zero-order chi connectivity index (χ0) is 11.8. The third kappa shape index (κ3) is 3.58.